The fourth-order valence-electron chi connectivity index (χ4n) is 2.79. The Morgan fingerprint density at radius 2 is 1.67 bits per heavy atom. The molecule has 118 valence electrons. The van der Waals surface area contributed by atoms with Gasteiger partial charge in [0.15, 0.2) is 0 Å². The summed E-state index contributed by atoms with van der Waals surface area (Å²) in [4.78, 5) is 4.21. The molecule has 1 saturated heterocycles. The van der Waals surface area contributed by atoms with E-state index in [4.69, 9.17) is 0 Å². The minimum absolute atomic E-state index is 0.318. The lowest BCUT2D eigenvalue weighted by Gasteiger charge is -2.37. The molecule has 2 rings (SSSR count). The quantitative estimate of drug-likeness (QED) is 0.758. The Morgan fingerprint density at radius 1 is 1.00 bits per heavy atom. The van der Waals surface area contributed by atoms with Crippen LogP contribution in [0.2, 0.25) is 0 Å². The standard InChI is InChI=1S/C16H23F3N2/c1-2-3-6-9-20-10-12-21(13-11-20)15-8-5-4-7-14(15)16(17,18)19/h4-5,7-8H,2-3,6,9-13H2,1H3. The number of rotatable bonds is 5. The van der Waals surface area contributed by atoms with Crippen LogP contribution in [0.15, 0.2) is 24.3 Å². The first kappa shape index (κ1) is 16.1. The highest BCUT2D eigenvalue weighted by atomic mass is 19.4. The van der Waals surface area contributed by atoms with Crippen LogP contribution in [-0.2, 0) is 6.18 Å². The molecule has 0 aromatic heterocycles. The molecule has 0 atom stereocenters. The molecule has 21 heavy (non-hydrogen) atoms. The Balaban J connectivity index is 1.97. The van der Waals surface area contributed by atoms with E-state index in [2.05, 4.69) is 11.8 Å². The van der Waals surface area contributed by atoms with Crippen LogP contribution < -0.4 is 4.90 Å². The van der Waals surface area contributed by atoms with Crippen molar-refractivity contribution in [3.8, 4) is 0 Å². The molecule has 1 fully saturated rings. The Bertz CT molecular complexity index is 437. The number of halogens is 3. The number of benzene rings is 1. The molecule has 1 aromatic carbocycles. The van der Waals surface area contributed by atoms with Gasteiger partial charge in [-0.25, -0.2) is 0 Å². The lowest BCUT2D eigenvalue weighted by atomic mass is 10.1. The van der Waals surface area contributed by atoms with E-state index in [-0.39, 0.29) is 0 Å². The molecule has 0 N–H and O–H groups in total. The van der Waals surface area contributed by atoms with Crippen LogP contribution in [-0.4, -0.2) is 37.6 Å². The van der Waals surface area contributed by atoms with Crippen LogP contribution in [0.1, 0.15) is 31.7 Å². The summed E-state index contributed by atoms with van der Waals surface area (Å²) in [5, 5.41) is 0. The van der Waals surface area contributed by atoms with Crippen molar-refractivity contribution >= 4 is 5.69 Å². The van der Waals surface area contributed by atoms with E-state index in [9.17, 15) is 13.2 Å². The van der Waals surface area contributed by atoms with Crippen molar-refractivity contribution in [3.63, 3.8) is 0 Å². The SMILES string of the molecule is CCCCCN1CCN(c2ccccc2C(F)(F)F)CC1. The lowest BCUT2D eigenvalue weighted by Crippen LogP contribution is -2.47. The molecule has 5 heteroatoms. The fourth-order valence-corrected chi connectivity index (χ4v) is 2.79. The van der Waals surface area contributed by atoms with Gasteiger partial charge in [0.05, 0.1) is 5.56 Å². The van der Waals surface area contributed by atoms with E-state index < -0.39 is 11.7 Å². The lowest BCUT2D eigenvalue weighted by molar-refractivity contribution is -0.137. The number of para-hydroxylation sites is 1. The monoisotopic (exact) mass is 300 g/mol. The summed E-state index contributed by atoms with van der Waals surface area (Å²) in [5.74, 6) is 0. The predicted molar refractivity (Wildman–Crippen MR) is 79.6 cm³/mol. The summed E-state index contributed by atoms with van der Waals surface area (Å²) in [7, 11) is 0. The second-order valence-corrected chi connectivity index (χ2v) is 5.55. The van der Waals surface area contributed by atoms with Gasteiger partial charge >= 0.3 is 6.18 Å². The van der Waals surface area contributed by atoms with Crippen LogP contribution >= 0.6 is 0 Å². The maximum Gasteiger partial charge on any atom is 0.418 e. The third-order valence-corrected chi connectivity index (χ3v) is 4.00. The van der Waals surface area contributed by atoms with Crippen molar-refractivity contribution in [2.24, 2.45) is 0 Å². The highest BCUT2D eigenvalue weighted by Crippen LogP contribution is 2.36. The third kappa shape index (κ3) is 4.37. The van der Waals surface area contributed by atoms with Gasteiger partial charge in [-0.3, -0.25) is 4.90 Å². The minimum atomic E-state index is -4.28. The second-order valence-electron chi connectivity index (χ2n) is 5.55. The molecule has 2 nitrogen and oxygen atoms in total. The first-order valence-electron chi connectivity index (χ1n) is 7.66. The molecular weight excluding hydrogens is 277 g/mol. The van der Waals surface area contributed by atoms with Crippen molar-refractivity contribution in [2.45, 2.75) is 32.4 Å². The highest BCUT2D eigenvalue weighted by molar-refractivity contribution is 5.55. The molecule has 1 aliphatic heterocycles. The van der Waals surface area contributed by atoms with Gasteiger partial charge in [0.25, 0.3) is 0 Å². The summed E-state index contributed by atoms with van der Waals surface area (Å²) < 4.78 is 39.1. The number of unbranched alkanes of at least 4 members (excludes halogenated alkanes) is 2. The van der Waals surface area contributed by atoms with Crippen molar-refractivity contribution in [3.05, 3.63) is 29.8 Å². The zero-order valence-electron chi connectivity index (χ0n) is 12.5. The van der Waals surface area contributed by atoms with Crippen LogP contribution in [0.5, 0.6) is 0 Å². The van der Waals surface area contributed by atoms with Crippen LogP contribution in [0.25, 0.3) is 0 Å². The normalized spacial score (nSPS) is 17.2. The van der Waals surface area contributed by atoms with Gasteiger partial charge in [-0.15, -0.1) is 0 Å². The molecule has 0 aliphatic carbocycles. The van der Waals surface area contributed by atoms with Gasteiger partial charge in [0, 0.05) is 31.9 Å². The van der Waals surface area contributed by atoms with Crippen LogP contribution in [0.3, 0.4) is 0 Å². The Labute approximate surface area is 124 Å². The molecule has 1 aromatic rings. The molecular formula is C16H23F3N2. The van der Waals surface area contributed by atoms with Crippen LogP contribution in [0.4, 0.5) is 18.9 Å². The van der Waals surface area contributed by atoms with E-state index in [0.29, 0.717) is 18.8 Å². The van der Waals surface area contributed by atoms with Gasteiger partial charge in [0.2, 0.25) is 0 Å². The van der Waals surface area contributed by atoms with Crippen molar-refractivity contribution in [1.82, 2.24) is 4.90 Å². The average Bonchev–Trinajstić information content (AvgIpc) is 2.47. The van der Waals surface area contributed by atoms with Gasteiger partial charge in [-0.1, -0.05) is 31.9 Å². The summed E-state index contributed by atoms with van der Waals surface area (Å²) in [5.41, 5.74) is -0.206. The Hall–Kier alpha value is -1.23. The van der Waals surface area contributed by atoms with Gasteiger partial charge in [0.1, 0.15) is 0 Å². The van der Waals surface area contributed by atoms with Gasteiger partial charge in [-0.05, 0) is 25.1 Å². The molecule has 0 amide bonds. The summed E-state index contributed by atoms with van der Waals surface area (Å²) >= 11 is 0. The van der Waals surface area contributed by atoms with Crippen LogP contribution in [0, 0.1) is 0 Å². The fraction of sp³-hybridized carbons (Fsp3) is 0.625. The van der Waals surface area contributed by atoms with E-state index in [0.717, 1.165) is 19.6 Å². The van der Waals surface area contributed by atoms with E-state index >= 15 is 0 Å². The first-order valence-corrected chi connectivity index (χ1v) is 7.66. The topological polar surface area (TPSA) is 6.48 Å². The molecule has 0 unspecified atom stereocenters. The third-order valence-electron chi connectivity index (χ3n) is 4.00. The molecule has 0 radical (unpaired) electrons. The maximum atomic E-state index is 13.0. The van der Waals surface area contributed by atoms with Crippen molar-refractivity contribution < 1.29 is 13.2 Å². The van der Waals surface area contributed by atoms with E-state index in [1.807, 2.05) is 4.90 Å². The van der Waals surface area contributed by atoms with E-state index in [1.165, 1.54) is 31.4 Å². The zero-order valence-corrected chi connectivity index (χ0v) is 12.5. The number of anilines is 1. The largest absolute Gasteiger partial charge is 0.418 e. The number of alkyl halides is 3. The van der Waals surface area contributed by atoms with Gasteiger partial charge in [-0.2, -0.15) is 13.2 Å². The molecule has 0 saturated carbocycles. The molecule has 0 bridgehead atoms. The number of hydrogen-bond donors (Lipinski definition) is 0. The first-order chi connectivity index (χ1) is 10.0. The highest BCUT2D eigenvalue weighted by Gasteiger charge is 2.35. The molecule has 1 aliphatic rings. The van der Waals surface area contributed by atoms with E-state index in [1.54, 1.807) is 12.1 Å². The smallest absolute Gasteiger partial charge is 0.368 e. The van der Waals surface area contributed by atoms with Crippen molar-refractivity contribution in [1.29, 1.82) is 0 Å². The number of nitrogens with zero attached hydrogens (tertiary/aromatic N) is 2. The minimum Gasteiger partial charge on any atom is -0.368 e. The summed E-state index contributed by atoms with van der Waals surface area (Å²) in [6, 6.07) is 5.88. The predicted octanol–water partition coefficient (Wildman–Crippen LogP) is 4.02. The number of piperazine rings is 1. The zero-order chi connectivity index (χ0) is 15.3. The Kier molecular flexibility index (Phi) is 5.51. The van der Waals surface area contributed by atoms with Gasteiger partial charge < -0.3 is 4.90 Å². The summed E-state index contributed by atoms with van der Waals surface area (Å²) in [6.45, 7) is 6.25. The number of hydrogen-bond acceptors (Lipinski definition) is 2. The Morgan fingerprint density at radius 3 is 2.29 bits per heavy atom. The second kappa shape index (κ2) is 7.16. The summed E-state index contributed by atoms with van der Waals surface area (Å²) in [6.07, 6.45) is -0.694. The molecule has 1 heterocycles. The van der Waals surface area contributed by atoms with Crippen molar-refractivity contribution in [2.75, 3.05) is 37.6 Å². The molecule has 0 spiro atoms. The maximum absolute atomic E-state index is 13.0. The average molecular weight is 300 g/mol.